The molecule has 4 nitrogen and oxygen atoms in total. The minimum Gasteiger partial charge on any atom is -0.465 e. The molecule has 0 atom stereocenters. The largest absolute Gasteiger partial charge is 0.465 e. The number of ether oxygens (including phenoxy) is 1. The Morgan fingerprint density at radius 2 is 1.62 bits per heavy atom. The van der Waals surface area contributed by atoms with Gasteiger partial charge < -0.3 is 14.7 Å². The number of hydrogen-bond acceptors (Lipinski definition) is 2. The highest BCUT2D eigenvalue weighted by atomic mass is 16.5. The number of piperidine rings is 2. The highest BCUT2D eigenvalue weighted by molar-refractivity contribution is 5.66. The summed E-state index contributed by atoms with van der Waals surface area (Å²) in [6, 6.07) is 0.488. The third-order valence-corrected chi connectivity index (χ3v) is 3.53. The molecule has 4 aliphatic heterocycles. The van der Waals surface area contributed by atoms with E-state index in [2.05, 4.69) is 0 Å². The fourth-order valence-corrected chi connectivity index (χ4v) is 3.16. The van der Waals surface area contributed by atoms with E-state index < -0.39 is 6.09 Å². The molecule has 0 aromatic heterocycles. The predicted octanol–water partition coefficient (Wildman–Crippen LogP) is 1.06. The van der Waals surface area contributed by atoms with Gasteiger partial charge in [-0.2, -0.15) is 0 Å². The topological polar surface area (TPSA) is 49.8 Å². The van der Waals surface area contributed by atoms with E-state index in [0.29, 0.717) is 12.2 Å². The van der Waals surface area contributed by atoms with Crippen molar-refractivity contribution in [1.82, 2.24) is 4.90 Å². The molecular formula is C9H13NO3. The first-order valence-electron chi connectivity index (χ1n) is 4.91. The summed E-state index contributed by atoms with van der Waals surface area (Å²) in [6.07, 6.45) is 3.61. The first kappa shape index (κ1) is 7.62. The lowest BCUT2D eigenvalue weighted by molar-refractivity contribution is -0.171. The number of carboxylic acid groups (broad SMARTS) is 1. The Hall–Kier alpha value is -0.770. The van der Waals surface area contributed by atoms with Crippen LogP contribution in [-0.4, -0.2) is 40.4 Å². The molecule has 0 spiro atoms. The van der Waals surface area contributed by atoms with Crippen LogP contribution in [0, 0.1) is 0 Å². The molecule has 4 saturated heterocycles. The number of hydrogen-bond donors (Lipinski definition) is 1. The molecule has 4 heteroatoms. The van der Waals surface area contributed by atoms with Crippen molar-refractivity contribution < 1.29 is 14.6 Å². The van der Waals surface area contributed by atoms with Crippen LogP contribution in [0.1, 0.15) is 25.7 Å². The van der Waals surface area contributed by atoms with Crippen LogP contribution in [0.25, 0.3) is 0 Å². The third kappa shape index (κ3) is 0.981. The van der Waals surface area contributed by atoms with Gasteiger partial charge in [0.05, 0.1) is 12.2 Å². The van der Waals surface area contributed by atoms with Gasteiger partial charge in [0.1, 0.15) is 0 Å². The van der Waals surface area contributed by atoms with Crippen molar-refractivity contribution in [3.63, 3.8) is 0 Å². The van der Waals surface area contributed by atoms with Gasteiger partial charge in [0.25, 0.3) is 0 Å². The molecule has 4 heterocycles. The first-order valence-corrected chi connectivity index (χ1v) is 4.91. The van der Waals surface area contributed by atoms with E-state index in [4.69, 9.17) is 9.84 Å². The van der Waals surface area contributed by atoms with Crippen LogP contribution < -0.4 is 0 Å². The quantitative estimate of drug-likeness (QED) is 0.611. The van der Waals surface area contributed by atoms with Gasteiger partial charge in [-0.1, -0.05) is 0 Å². The molecule has 4 rings (SSSR count). The molecule has 0 aliphatic carbocycles. The Labute approximate surface area is 76.5 Å². The lowest BCUT2D eigenvalue weighted by Gasteiger charge is -2.54. The minimum absolute atomic E-state index is 0.244. The van der Waals surface area contributed by atoms with Crippen LogP contribution in [0.5, 0.6) is 0 Å². The average molecular weight is 183 g/mol. The van der Waals surface area contributed by atoms with E-state index in [1.165, 1.54) is 0 Å². The minimum atomic E-state index is -0.742. The van der Waals surface area contributed by atoms with E-state index in [1.54, 1.807) is 4.90 Å². The maximum atomic E-state index is 11.0. The van der Waals surface area contributed by atoms with Crippen LogP contribution in [0.4, 0.5) is 4.79 Å². The van der Waals surface area contributed by atoms with Gasteiger partial charge in [-0.3, -0.25) is 0 Å². The molecule has 0 radical (unpaired) electrons. The number of nitrogens with zero attached hydrogens (tertiary/aromatic N) is 1. The Bertz CT molecular complexity index is 225. The monoisotopic (exact) mass is 183 g/mol. The SMILES string of the molecule is O=C(O)N1C2CC3CC1CC(C2)O3. The summed E-state index contributed by atoms with van der Waals surface area (Å²) in [5, 5.41) is 9.03. The second-order valence-corrected chi connectivity index (χ2v) is 4.32. The Balaban J connectivity index is 1.89. The highest BCUT2D eigenvalue weighted by Crippen LogP contribution is 2.42. The van der Waals surface area contributed by atoms with Crippen molar-refractivity contribution in [3.8, 4) is 0 Å². The van der Waals surface area contributed by atoms with Crippen molar-refractivity contribution in [3.05, 3.63) is 0 Å². The Morgan fingerprint density at radius 3 is 2.00 bits per heavy atom. The van der Waals surface area contributed by atoms with Crippen LogP contribution in [0.2, 0.25) is 0 Å². The summed E-state index contributed by atoms with van der Waals surface area (Å²) in [4.78, 5) is 12.6. The number of carbonyl (C=O) groups is 1. The van der Waals surface area contributed by atoms with Crippen molar-refractivity contribution >= 4 is 6.09 Å². The maximum Gasteiger partial charge on any atom is 0.407 e. The molecule has 13 heavy (non-hydrogen) atoms. The van der Waals surface area contributed by atoms with E-state index in [1.807, 2.05) is 0 Å². The Morgan fingerprint density at radius 1 is 1.15 bits per heavy atom. The van der Waals surface area contributed by atoms with Crippen molar-refractivity contribution in [2.24, 2.45) is 0 Å². The zero-order valence-electron chi connectivity index (χ0n) is 7.35. The zero-order chi connectivity index (χ0) is 9.00. The summed E-state index contributed by atoms with van der Waals surface area (Å²) in [7, 11) is 0. The van der Waals surface area contributed by atoms with Gasteiger partial charge in [0, 0.05) is 12.1 Å². The molecule has 4 aliphatic rings. The second kappa shape index (κ2) is 2.38. The first-order chi connectivity index (χ1) is 6.24. The third-order valence-electron chi connectivity index (χ3n) is 3.53. The van der Waals surface area contributed by atoms with Gasteiger partial charge in [-0.15, -0.1) is 0 Å². The molecule has 1 amide bonds. The molecule has 0 unspecified atom stereocenters. The van der Waals surface area contributed by atoms with E-state index in [9.17, 15) is 4.79 Å². The fraction of sp³-hybridized carbons (Fsp3) is 0.889. The van der Waals surface area contributed by atoms with Crippen LogP contribution in [0.3, 0.4) is 0 Å². The highest BCUT2D eigenvalue weighted by Gasteiger charge is 2.49. The maximum absolute atomic E-state index is 11.0. The standard InChI is InChI=1S/C9H13NO3/c11-9(12)10-5-1-7-3-6(10)4-8(2-5)13-7/h5-8H,1-4H2,(H,11,12). The van der Waals surface area contributed by atoms with Crippen LogP contribution >= 0.6 is 0 Å². The summed E-state index contributed by atoms with van der Waals surface area (Å²) < 4.78 is 5.73. The molecule has 4 fully saturated rings. The van der Waals surface area contributed by atoms with Gasteiger partial charge in [-0.05, 0) is 25.7 Å². The van der Waals surface area contributed by atoms with Crippen molar-refractivity contribution in [1.29, 1.82) is 0 Å². The van der Waals surface area contributed by atoms with E-state index >= 15 is 0 Å². The second-order valence-electron chi connectivity index (χ2n) is 4.32. The van der Waals surface area contributed by atoms with Crippen molar-refractivity contribution in [2.75, 3.05) is 0 Å². The average Bonchev–Trinajstić information content (AvgIpc) is 2.00. The van der Waals surface area contributed by atoms with Crippen molar-refractivity contribution in [2.45, 2.75) is 50.0 Å². The predicted molar refractivity (Wildman–Crippen MR) is 44.6 cm³/mol. The number of rotatable bonds is 0. The molecule has 0 aromatic carbocycles. The van der Waals surface area contributed by atoms with Gasteiger partial charge in [0.15, 0.2) is 0 Å². The normalized spacial score (nSPS) is 46.9. The molecule has 72 valence electrons. The van der Waals surface area contributed by atoms with E-state index in [-0.39, 0.29) is 12.1 Å². The lowest BCUT2D eigenvalue weighted by atomic mass is 9.78. The van der Waals surface area contributed by atoms with Crippen LogP contribution in [-0.2, 0) is 4.74 Å². The van der Waals surface area contributed by atoms with E-state index in [0.717, 1.165) is 25.7 Å². The molecule has 1 N–H and O–H groups in total. The summed E-state index contributed by atoms with van der Waals surface area (Å²) in [5.74, 6) is 0. The molecule has 0 aromatic rings. The summed E-state index contributed by atoms with van der Waals surface area (Å²) in [5.41, 5.74) is 0. The van der Waals surface area contributed by atoms with Gasteiger partial charge in [-0.25, -0.2) is 4.79 Å². The van der Waals surface area contributed by atoms with Crippen LogP contribution in [0.15, 0.2) is 0 Å². The van der Waals surface area contributed by atoms with Gasteiger partial charge in [0.2, 0.25) is 0 Å². The fourth-order valence-electron chi connectivity index (χ4n) is 3.16. The number of amides is 1. The van der Waals surface area contributed by atoms with Gasteiger partial charge >= 0.3 is 6.09 Å². The zero-order valence-corrected chi connectivity index (χ0v) is 7.35. The Kier molecular flexibility index (Phi) is 1.39. The smallest absolute Gasteiger partial charge is 0.407 e. The summed E-state index contributed by atoms with van der Waals surface area (Å²) >= 11 is 0. The molecule has 4 bridgehead atoms. The molecule has 0 saturated carbocycles. The lowest BCUT2D eigenvalue weighted by Crippen LogP contribution is -2.63. The summed E-state index contributed by atoms with van der Waals surface area (Å²) in [6.45, 7) is 0. The molecular weight excluding hydrogens is 170 g/mol.